The molecule has 0 aliphatic carbocycles. The second-order valence-electron chi connectivity index (χ2n) is 4.79. The number of rotatable bonds is 3. The van der Waals surface area contributed by atoms with Crippen LogP contribution in [0.1, 0.15) is 17.5 Å². The first-order valence-corrected chi connectivity index (χ1v) is 6.21. The molecule has 1 saturated heterocycles. The fraction of sp³-hybridized carbons (Fsp3) is 0.500. The number of hydrogen-bond acceptors (Lipinski definition) is 3. The van der Waals surface area contributed by atoms with E-state index in [9.17, 15) is 4.79 Å². The minimum Gasteiger partial charge on any atom is -0.396 e. The first-order chi connectivity index (χ1) is 8.61. The lowest BCUT2D eigenvalue weighted by molar-refractivity contribution is -0.127. The summed E-state index contributed by atoms with van der Waals surface area (Å²) in [4.78, 5) is 13.8. The average molecular weight is 249 g/mol. The van der Waals surface area contributed by atoms with Gasteiger partial charge in [0.25, 0.3) is 5.91 Å². The number of anilines is 1. The van der Waals surface area contributed by atoms with E-state index in [1.54, 1.807) is 4.90 Å². The van der Waals surface area contributed by atoms with Gasteiger partial charge in [0, 0.05) is 12.3 Å². The Morgan fingerprint density at radius 3 is 2.61 bits per heavy atom. The molecule has 1 N–H and O–H groups in total. The molecule has 1 atom stereocenters. The zero-order valence-electron chi connectivity index (χ0n) is 10.8. The molecule has 1 aromatic rings. The van der Waals surface area contributed by atoms with Crippen LogP contribution in [0.3, 0.4) is 0 Å². The van der Waals surface area contributed by atoms with Crippen molar-refractivity contribution < 1.29 is 14.6 Å². The minimum absolute atomic E-state index is 0.0373. The van der Waals surface area contributed by atoms with E-state index in [-0.39, 0.29) is 25.2 Å². The maximum absolute atomic E-state index is 12.0. The Morgan fingerprint density at radius 2 is 2.00 bits per heavy atom. The van der Waals surface area contributed by atoms with Crippen LogP contribution < -0.4 is 4.90 Å². The van der Waals surface area contributed by atoms with Crippen molar-refractivity contribution in [3.63, 3.8) is 0 Å². The third-order valence-corrected chi connectivity index (χ3v) is 3.12. The summed E-state index contributed by atoms with van der Waals surface area (Å²) in [6.45, 7) is 4.70. The van der Waals surface area contributed by atoms with Crippen molar-refractivity contribution in [2.75, 3.05) is 24.7 Å². The van der Waals surface area contributed by atoms with E-state index >= 15 is 0 Å². The summed E-state index contributed by atoms with van der Waals surface area (Å²) in [6, 6.07) is 6.01. The first-order valence-electron chi connectivity index (χ1n) is 6.21. The average Bonchev–Trinajstić information content (AvgIpc) is 2.28. The maximum atomic E-state index is 12.0. The van der Waals surface area contributed by atoms with Crippen molar-refractivity contribution in [3.05, 3.63) is 29.3 Å². The Balaban J connectivity index is 2.33. The van der Waals surface area contributed by atoms with Crippen LogP contribution in [0.4, 0.5) is 5.69 Å². The van der Waals surface area contributed by atoms with Gasteiger partial charge in [0.15, 0.2) is 0 Å². The summed E-state index contributed by atoms with van der Waals surface area (Å²) in [7, 11) is 0. The van der Waals surface area contributed by atoms with Crippen molar-refractivity contribution in [2.24, 2.45) is 0 Å². The van der Waals surface area contributed by atoms with E-state index in [0.29, 0.717) is 13.0 Å². The predicted molar refractivity (Wildman–Crippen MR) is 69.7 cm³/mol. The molecule has 1 unspecified atom stereocenters. The fourth-order valence-electron chi connectivity index (χ4n) is 2.44. The second-order valence-corrected chi connectivity index (χ2v) is 4.79. The number of aliphatic hydroxyl groups is 1. The number of hydrogen-bond donors (Lipinski definition) is 1. The number of carbonyl (C=O) groups excluding carboxylic acids is 1. The van der Waals surface area contributed by atoms with Gasteiger partial charge in [0.1, 0.15) is 6.61 Å². The number of ether oxygens (including phenoxy) is 1. The summed E-state index contributed by atoms with van der Waals surface area (Å²) < 4.78 is 5.26. The van der Waals surface area contributed by atoms with Gasteiger partial charge in [-0.1, -0.05) is 6.07 Å². The van der Waals surface area contributed by atoms with E-state index in [1.165, 1.54) is 0 Å². The van der Waals surface area contributed by atoms with Crippen LogP contribution in [-0.2, 0) is 9.53 Å². The highest BCUT2D eigenvalue weighted by atomic mass is 16.5. The van der Waals surface area contributed by atoms with Crippen LogP contribution in [0.25, 0.3) is 0 Å². The van der Waals surface area contributed by atoms with E-state index in [2.05, 4.69) is 6.07 Å². The Labute approximate surface area is 107 Å². The highest BCUT2D eigenvalue weighted by molar-refractivity contribution is 5.95. The van der Waals surface area contributed by atoms with Crippen molar-refractivity contribution in [1.82, 2.24) is 0 Å². The molecule has 98 valence electrons. The molecule has 0 spiro atoms. The van der Waals surface area contributed by atoms with Gasteiger partial charge in [-0.25, -0.2) is 0 Å². The van der Waals surface area contributed by atoms with E-state index in [4.69, 9.17) is 9.84 Å². The van der Waals surface area contributed by atoms with Crippen LogP contribution >= 0.6 is 0 Å². The van der Waals surface area contributed by atoms with Gasteiger partial charge in [0.05, 0.1) is 12.6 Å². The molecule has 0 aromatic heterocycles. The van der Waals surface area contributed by atoms with Crippen LogP contribution in [0.2, 0.25) is 0 Å². The topological polar surface area (TPSA) is 49.8 Å². The van der Waals surface area contributed by atoms with Gasteiger partial charge in [0.2, 0.25) is 0 Å². The maximum Gasteiger partial charge on any atom is 0.253 e. The number of nitrogens with zero attached hydrogens (tertiary/aromatic N) is 1. The highest BCUT2D eigenvalue weighted by Gasteiger charge is 2.29. The van der Waals surface area contributed by atoms with Crippen molar-refractivity contribution in [3.8, 4) is 0 Å². The lowest BCUT2D eigenvalue weighted by atomic mass is 10.1. The molecule has 1 amide bonds. The first kappa shape index (κ1) is 13.1. The largest absolute Gasteiger partial charge is 0.396 e. The molecule has 18 heavy (non-hydrogen) atoms. The molecule has 1 aliphatic rings. The van der Waals surface area contributed by atoms with Crippen molar-refractivity contribution >= 4 is 11.6 Å². The summed E-state index contributed by atoms with van der Waals surface area (Å²) in [5.41, 5.74) is 3.17. The smallest absolute Gasteiger partial charge is 0.253 e. The Hall–Kier alpha value is -1.39. The highest BCUT2D eigenvalue weighted by Crippen LogP contribution is 2.24. The fourth-order valence-corrected chi connectivity index (χ4v) is 2.44. The lowest BCUT2D eigenvalue weighted by Gasteiger charge is -2.35. The quantitative estimate of drug-likeness (QED) is 0.881. The van der Waals surface area contributed by atoms with E-state index in [1.807, 2.05) is 26.0 Å². The van der Waals surface area contributed by atoms with Gasteiger partial charge in [-0.2, -0.15) is 0 Å². The normalized spacial score (nSPS) is 20.3. The number of benzene rings is 1. The molecular formula is C14H19NO3. The van der Waals surface area contributed by atoms with E-state index in [0.717, 1.165) is 16.8 Å². The number of carbonyl (C=O) groups is 1. The standard InChI is InChI=1S/C14H19NO3/c1-10-5-11(2)7-13(6-10)15-12(3-4-16)8-18-9-14(15)17/h5-7,12,16H,3-4,8-9H2,1-2H3. The molecule has 1 aliphatic heterocycles. The molecular weight excluding hydrogens is 230 g/mol. The SMILES string of the molecule is Cc1cc(C)cc(N2C(=O)COCC2CCO)c1. The predicted octanol–water partition coefficient (Wildman–Crippen LogP) is 1.42. The summed E-state index contributed by atoms with van der Waals surface area (Å²) in [6.07, 6.45) is 0.540. The van der Waals surface area contributed by atoms with Gasteiger partial charge in [-0.05, 0) is 43.5 Å². The van der Waals surface area contributed by atoms with Gasteiger partial charge >= 0.3 is 0 Å². The number of amides is 1. The van der Waals surface area contributed by atoms with E-state index < -0.39 is 0 Å². The van der Waals surface area contributed by atoms with Crippen LogP contribution in [0.15, 0.2) is 18.2 Å². The summed E-state index contributed by atoms with van der Waals surface area (Å²) in [5.74, 6) is -0.0373. The third kappa shape index (κ3) is 2.71. The van der Waals surface area contributed by atoms with Crippen LogP contribution in [0, 0.1) is 13.8 Å². The zero-order valence-corrected chi connectivity index (χ0v) is 10.8. The third-order valence-electron chi connectivity index (χ3n) is 3.12. The molecule has 4 heteroatoms. The van der Waals surface area contributed by atoms with Gasteiger partial charge in [-0.15, -0.1) is 0 Å². The number of aliphatic hydroxyl groups excluding tert-OH is 1. The molecule has 2 rings (SSSR count). The number of aryl methyl sites for hydroxylation is 2. The molecule has 0 saturated carbocycles. The van der Waals surface area contributed by atoms with Crippen LogP contribution in [-0.4, -0.2) is 36.9 Å². The van der Waals surface area contributed by atoms with Crippen molar-refractivity contribution in [1.29, 1.82) is 0 Å². The van der Waals surface area contributed by atoms with Crippen molar-refractivity contribution in [2.45, 2.75) is 26.3 Å². The Morgan fingerprint density at radius 1 is 1.33 bits per heavy atom. The summed E-state index contributed by atoms with van der Waals surface area (Å²) in [5, 5.41) is 9.09. The molecule has 1 aromatic carbocycles. The Kier molecular flexibility index (Phi) is 3.99. The van der Waals surface area contributed by atoms with Gasteiger partial charge < -0.3 is 14.7 Å². The van der Waals surface area contributed by atoms with Crippen LogP contribution in [0.5, 0.6) is 0 Å². The molecule has 1 heterocycles. The summed E-state index contributed by atoms with van der Waals surface area (Å²) >= 11 is 0. The minimum atomic E-state index is -0.0718. The monoisotopic (exact) mass is 249 g/mol. The molecule has 0 bridgehead atoms. The second kappa shape index (κ2) is 5.50. The molecule has 4 nitrogen and oxygen atoms in total. The lowest BCUT2D eigenvalue weighted by Crippen LogP contribution is -2.50. The number of morpholine rings is 1. The molecule has 0 radical (unpaired) electrons. The Bertz CT molecular complexity index is 422. The molecule has 1 fully saturated rings. The zero-order chi connectivity index (χ0) is 13.1. The van der Waals surface area contributed by atoms with Gasteiger partial charge in [-0.3, -0.25) is 4.79 Å².